The van der Waals surface area contributed by atoms with E-state index in [1.54, 1.807) is 16.2 Å². The minimum absolute atomic E-state index is 0. The Balaban J connectivity index is 0.00000208. The van der Waals surface area contributed by atoms with Gasteiger partial charge in [0.1, 0.15) is 6.04 Å². The van der Waals surface area contributed by atoms with E-state index in [0.29, 0.717) is 25.4 Å². The lowest BCUT2D eigenvalue weighted by atomic mass is 10.1. The van der Waals surface area contributed by atoms with Crippen LogP contribution in [0.25, 0.3) is 0 Å². The molecule has 3 rings (SSSR count). The minimum atomic E-state index is -0.276. The van der Waals surface area contributed by atoms with Crippen LogP contribution in [-0.2, 0) is 16.0 Å². The van der Waals surface area contributed by atoms with Crippen LogP contribution in [0.1, 0.15) is 31.1 Å². The van der Waals surface area contributed by atoms with Gasteiger partial charge in [-0.15, -0.1) is 23.7 Å². The second kappa shape index (κ2) is 8.32. The van der Waals surface area contributed by atoms with Crippen LogP contribution in [0.5, 0.6) is 0 Å². The summed E-state index contributed by atoms with van der Waals surface area (Å²) in [6, 6.07) is 3.88. The van der Waals surface area contributed by atoms with Gasteiger partial charge >= 0.3 is 0 Å². The van der Waals surface area contributed by atoms with Crippen LogP contribution in [0, 0.1) is 5.92 Å². The SMILES string of the molecule is CC1CC(CN)CN1C(=O)C1CCCN1C(=O)Cc1cccs1.Cl. The van der Waals surface area contributed by atoms with E-state index in [1.165, 1.54) is 0 Å². The Labute approximate surface area is 153 Å². The molecule has 0 saturated carbocycles. The van der Waals surface area contributed by atoms with Crippen molar-refractivity contribution in [1.82, 2.24) is 9.80 Å². The zero-order valence-electron chi connectivity index (χ0n) is 14.0. The topological polar surface area (TPSA) is 66.6 Å². The Morgan fingerprint density at radius 3 is 2.79 bits per heavy atom. The molecular formula is C17H26ClN3O2S. The van der Waals surface area contributed by atoms with Crippen LogP contribution in [-0.4, -0.2) is 53.3 Å². The molecular weight excluding hydrogens is 346 g/mol. The van der Waals surface area contributed by atoms with Crippen molar-refractivity contribution in [2.24, 2.45) is 11.7 Å². The molecule has 0 spiro atoms. The highest BCUT2D eigenvalue weighted by atomic mass is 35.5. The van der Waals surface area contributed by atoms with Crippen LogP contribution < -0.4 is 5.73 Å². The average Bonchev–Trinajstić information content (AvgIpc) is 3.26. The van der Waals surface area contributed by atoms with E-state index < -0.39 is 0 Å². The van der Waals surface area contributed by atoms with Crippen molar-refractivity contribution in [1.29, 1.82) is 0 Å². The summed E-state index contributed by atoms with van der Waals surface area (Å²) in [5, 5.41) is 1.98. The van der Waals surface area contributed by atoms with Crippen LogP contribution in [0.2, 0.25) is 0 Å². The van der Waals surface area contributed by atoms with Crippen molar-refractivity contribution in [3.8, 4) is 0 Å². The Kier molecular flexibility index (Phi) is 6.66. The zero-order chi connectivity index (χ0) is 16.4. The highest BCUT2D eigenvalue weighted by Gasteiger charge is 2.40. The molecule has 2 aliphatic rings. The van der Waals surface area contributed by atoms with E-state index >= 15 is 0 Å². The molecule has 2 aliphatic heterocycles. The lowest BCUT2D eigenvalue weighted by Crippen LogP contribution is -2.49. The Bertz CT molecular complexity index is 566. The highest BCUT2D eigenvalue weighted by molar-refractivity contribution is 7.10. The number of likely N-dealkylation sites (tertiary alicyclic amines) is 2. The first kappa shape index (κ1) is 19.2. The molecule has 3 unspecified atom stereocenters. The molecule has 0 bridgehead atoms. The summed E-state index contributed by atoms with van der Waals surface area (Å²) >= 11 is 1.59. The van der Waals surface area contributed by atoms with Crippen LogP contribution >= 0.6 is 23.7 Å². The predicted molar refractivity (Wildman–Crippen MR) is 98.3 cm³/mol. The van der Waals surface area contributed by atoms with Gasteiger partial charge in [-0.25, -0.2) is 0 Å². The first-order chi connectivity index (χ1) is 11.1. The molecule has 0 aromatic carbocycles. The monoisotopic (exact) mass is 371 g/mol. The number of halogens is 1. The van der Waals surface area contributed by atoms with Gasteiger partial charge in [-0.3, -0.25) is 9.59 Å². The van der Waals surface area contributed by atoms with E-state index in [4.69, 9.17) is 5.73 Å². The number of carbonyl (C=O) groups excluding carboxylic acids is 2. The van der Waals surface area contributed by atoms with Crippen molar-refractivity contribution < 1.29 is 9.59 Å². The van der Waals surface area contributed by atoms with E-state index in [2.05, 4.69) is 6.92 Å². The number of hydrogen-bond donors (Lipinski definition) is 1. The van der Waals surface area contributed by atoms with Crippen molar-refractivity contribution in [3.05, 3.63) is 22.4 Å². The van der Waals surface area contributed by atoms with Gasteiger partial charge in [-0.05, 0) is 50.1 Å². The molecule has 3 heterocycles. The van der Waals surface area contributed by atoms with Gasteiger partial charge in [-0.2, -0.15) is 0 Å². The molecule has 5 nitrogen and oxygen atoms in total. The molecule has 3 atom stereocenters. The summed E-state index contributed by atoms with van der Waals surface area (Å²) in [4.78, 5) is 30.3. The predicted octanol–water partition coefficient (Wildman–Crippen LogP) is 1.90. The van der Waals surface area contributed by atoms with E-state index in [1.807, 2.05) is 22.4 Å². The largest absolute Gasteiger partial charge is 0.338 e. The Morgan fingerprint density at radius 2 is 2.17 bits per heavy atom. The van der Waals surface area contributed by atoms with Crippen molar-refractivity contribution in [3.63, 3.8) is 0 Å². The molecule has 0 aliphatic carbocycles. The molecule has 2 saturated heterocycles. The van der Waals surface area contributed by atoms with Gasteiger partial charge in [0.15, 0.2) is 0 Å². The maximum atomic E-state index is 12.9. The average molecular weight is 372 g/mol. The molecule has 7 heteroatoms. The van der Waals surface area contributed by atoms with Crippen molar-refractivity contribution in [2.45, 2.75) is 44.7 Å². The summed E-state index contributed by atoms with van der Waals surface area (Å²) in [5.41, 5.74) is 5.76. The molecule has 1 aromatic rings. The third kappa shape index (κ3) is 3.92. The molecule has 134 valence electrons. The molecule has 2 N–H and O–H groups in total. The number of amides is 2. The second-order valence-corrected chi connectivity index (χ2v) is 7.71. The number of hydrogen-bond acceptors (Lipinski definition) is 4. The zero-order valence-corrected chi connectivity index (χ0v) is 15.7. The van der Waals surface area contributed by atoms with E-state index in [0.717, 1.165) is 30.7 Å². The van der Waals surface area contributed by atoms with Gasteiger partial charge in [0.05, 0.1) is 6.42 Å². The molecule has 24 heavy (non-hydrogen) atoms. The van der Waals surface area contributed by atoms with Crippen LogP contribution in [0.15, 0.2) is 17.5 Å². The maximum Gasteiger partial charge on any atom is 0.245 e. The smallest absolute Gasteiger partial charge is 0.245 e. The fourth-order valence-electron chi connectivity index (χ4n) is 3.80. The quantitative estimate of drug-likeness (QED) is 0.879. The first-order valence-electron chi connectivity index (χ1n) is 8.42. The minimum Gasteiger partial charge on any atom is -0.338 e. The maximum absolute atomic E-state index is 12.9. The summed E-state index contributed by atoms with van der Waals surface area (Å²) in [7, 11) is 0. The lowest BCUT2D eigenvalue weighted by molar-refractivity contribution is -0.143. The van der Waals surface area contributed by atoms with Crippen molar-refractivity contribution in [2.75, 3.05) is 19.6 Å². The molecule has 2 fully saturated rings. The third-order valence-corrected chi connectivity index (χ3v) is 5.92. The molecule has 2 amide bonds. The van der Waals surface area contributed by atoms with Crippen LogP contribution in [0.3, 0.4) is 0 Å². The number of thiophene rings is 1. The fraction of sp³-hybridized carbons (Fsp3) is 0.647. The summed E-state index contributed by atoms with van der Waals surface area (Å²) in [6.07, 6.45) is 3.07. The standard InChI is InChI=1S/C17H25N3O2S.ClH/c1-12-8-13(10-18)11-20(12)17(22)15-5-2-6-19(15)16(21)9-14-4-3-7-23-14;/h3-4,7,12-13,15H,2,5-6,8-11,18H2,1H3;1H. The Hall–Kier alpha value is -1.11. The van der Waals surface area contributed by atoms with Gasteiger partial charge in [0.25, 0.3) is 0 Å². The van der Waals surface area contributed by atoms with E-state index in [-0.39, 0.29) is 36.3 Å². The molecule has 1 aromatic heterocycles. The number of nitrogens with two attached hydrogens (primary N) is 1. The van der Waals surface area contributed by atoms with Crippen molar-refractivity contribution >= 4 is 35.6 Å². The van der Waals surface area contributed by atoms with Crippen LogP contribution in [0.4, 0.5) is 0 Å². The van der Waals surface area contributed by atoms with E-state index in [9.17, 15) is 9.59 Å². The van der Waals surface area contributed by atoms with Gasteiger partial charge in [0.2, 0.25) is 11.8 Å². The number of carbonyl (C=O) groups is 2. The molecule has 0 radical (unpaired) electrons. The number of nitrogens with zero attached hydrogens (tertiary/aromatic N) is 2. The first-order valence-corrected chi connectivity index (χ1v) is 9.30. The van der Waals surface area contributed by atoms with Gasteiger partial charge < -0.3 is 15.5 Å². The highest BCUT2D eigenvalue weighted by Crippen LogP contribution is 2.27. The second-order valence-electron chi connectivity index (χ2n) is 6.68. The lowest BCUT2D eigenvalue weighted by Gasteiger charge is -2.30. The normalized spacial score (nSPS) is 26.5. The summed E-state index contributed by atoms with van der Waals surface area (Å²) < 4.78 is 0. The van der Waals surface area contributed by atoms with Gasteiger partial charge in [0, 0.05) is 24.0 Å². The summed E-state index contributed by atoms with van der Waals surface area (Å²) in [5.74, 6) is 0.585. The van der Waals surface area contributed by atoms with Gasteiger partial charge in [-0.1, -0.05) is 6.07 Å². The fourth-order valence-corrected chi connectivity index (χ4v) is 4.49. The summed E-state index contributed by atoms with van der Waals surface area (Å²) in [6.45, 7) is 4.14. The number of rotatable bonds is 4. The Morgan fingerprint density at radius 1 is 1.38 bits per heavy atom. The third-order valence-electron chi connectivity index (χ3n) is 5.04.